The first-order valence-corrected chi connectivity index (χ1v) is 6.92. The van der Waals surface area contributed by atoms with Crippen LogP contribution in [0.4, 0.5) is 0 Å². The molecule has 0 aromatic heterocycles. The van der Waals surface area contributed by atoms with Gasteiger partial charge in [0.2, 0.25) is 0 Å². The summed E-state index contributed by atoms with van der Waals surface area (Å²) in [5, 5.41) is 9.38. The molecule has 0 aromatic rings. The summed E-state index contributed by atoms with van der Waals surface area (Å²) in [6.45, 7) is 3.95. The first kappa shape index (κ1) is 12.9. The summed E-state index contributed by atoms with van der Waals surface area (Å²) in [6, 6.07) is 0. The highest BCUT2D eigenvalue weighted by Gasteiger charge is 2.59. The third-order valence-corrected chi connectivity index (χ3v) is 4.51. The molecule has 1 aliphatic carbocycles. The molecule has 4 heteroatoms. The second kappa shape index (κ2) is 4.46. The molecular formula is C15H20O4. The van der Waals surface area contributed by atoms with E-state index in [0.717, 1.165) is 31.3 Å². The lowest BCUT2D eigenvalue weighted by Crippen LogP contribution is -2.25. The van der Waals surface area contributed by atoms with Gasteiger partial charge in [-0.1, -0.05) is 11.6 Å². The lowest BCUT2D eigenvalue weighted by molar-refractivity contribution is -0.140. The standard InChI is InChI=1S/C15H20O4/c1-9-4-3-7-15(2)13(19-15)12-10(6-5-9)11(8-16)14(17)18-12/h4,12-13,16H,3,5-8H2,1-2H3/b9-4+/t12-,13-,15+/m0/s1. The SMILES string of the molecule is C/C1=C\CC[C@@]2(C)O[C@H]2[C@H]2OC(=O)C(CO)=C2CC1. The van der Waals surface area contributed by atoms with Crippen LogP contribution in [0.15, 0.2) is 22.8 Å². The minimum atomic E-state index is -0.374. The molecule has 0 saturated carbocycles. The van der Waals surface area contributed by atoms with Crippen molar-refractivity contribution in [3.63, 3.8) is 0 Å². The van der Waals surface area contributed by atoms with E-state index in [0.29, 0.717) is 5.57 Å². The number of allylic oxidation sites excluding steroid dienone is 2. The summed E-state index contributed by atoms with van der Waals surface area (Å²) in [5.41, 5.74) is 2.52. The van der Waals surface area contributed by atoms with Crippen LogP contribution in [-0.4, -0.2) is 35.5 Å². The average Bonchev–Trinajstić information content (AvgIpc) is 2.92. The van der Waals surface area contributed by atoms with Crippen LogP contribution >= 0.6 is 0 Å². The number of rotatable bonds is 1. The molecule has 0 radical (unpaired) electrons. The normalized spacial score (nSPS) is 41.0. The Morgan fingerprint density at radius 3 is 3.00 bits per heavy atom. The largest absolute Gasteiger partial charge is 0.451 e. The van der Waals surface area contributed by atoms with Crippen LogP contribution < -0.4 is 0 Å². The van der Waals surface area contributed by atoms with E-state index in [-0.39, 0.29) is 30.4 Å². The van der Waals surface area contributed by atoms with Gasteiger partial charge in [-0.25, -0.2) is 4.79 Å². The quantitative estimate of drug-likeness (QED) is 0.446. The van der Waals surface area contributed by atoms with Crippen molar-refractivity contribution < 1.29 is 19.4 Å². The van der Waals surface area contributed by atoms with Gasteiger partial charge in [-0.3, -0.25) is 0 Å². The number of fused-ring (bicyclic) bond motifs is 3. The van der Waals surface area contributed by atoms with Crippen molar-refractivity contribution >= 4 is 5.97 Å². The summed E-state index contributed by atoms with van der Waals surface area (Å²) in [5.74, 6) is -0.374. The summed E-state index contributed by atoms with van der Waals surface area (Å²) >= 11 is 0. The zero-order chi connectivity index (χ0) is 13.6. The topological polar surface area (TPSA) is 59.1 Å². The predicted octanol–water partition coefficient (Wildman–Crippen LogP) is 1.88. The maximum Gasteiger partial charge on any atom is 0.337 e. The monoisotopic (exact) mass is 264 g/mol. The van der Waals surface area contributed by atoms with Crippen molar-refractivity contribution in [1.82, 2.24) is 0 Å². The Kier molecular flexibility index (Phi) is 3.02. The summed E-state index contributed by atoms with van der Waals surface area (Å²) < 4.78 is 11.2. The maximum absolute atomic E-state index is 11.8. The van der Waals surface area contributed by atoms with Crippen LogP contribution in [0, 0.1) is 0 Å². The molecule has 104 valence electrons. The van der Waals surface area contributed by atoms with Gasteiger partial charge >= 0.3 is 5.97 Å². The van der Waals surface area contributed by atoms with Gasteiger partial charge in [0, 0.05) is 0 Å². The van der Waals surface area contributed by atoms with E-state index in [2.05, 4.69) is 19.9 Å². The van der Waals surface area contributed by atoms with E-state index in [1.807, 2.05) is 0 Å². The number of aliphatic hydroxyl groups is 1. The zero-order valence-electron chi connectivity index (χ0n) is 11.4. The number of epoxide rings is 1. The smallest absolute Gasteiger partial charge is 0.337 e. The fourth-order valence-corrected chi connectivity index (χ4v) is 3.14. The fraction of sp³-hybridized carbons (Fsp3) is 0.667. The van der Waals surface area contributed by atoms with E-state index in [1.54, 1.807) is 0 Å². The summed E-state index contributed by atoms with van der Waals surface area (Å²) in [6.07, 6.45) is 5.56. The van der Waals surface area contributed by atoms with Crippen molar-refractivity contribution in [2.75, 3.05) is 6.61 Å². The molecule has 0 aromatic carbocycles. The van der Waals surface area contributed by atoms with Crippen LogP contribution in [0.3, 0.4) is 0 Å². The molecule has 3 aliphatic rings. The van der Waals surface area contributed by atoms with Crippen LogP contribution in [0.25, 0.3) is 0 Å². The molecular weight excluding hydrogens is 244 g/mol. The van der Waals surface area contributed by atoms with E-state index in [4.69, 9.17) is 9.47 Å². The molecule has 0 spiro atoms. The van der Waals surface area contributed by atoms with Crippen molar-refractivity contribution in [2.24, 2.45) is 0 Å². The highest BCUT2D eigenvalue weighted by molar-refractivity contribution is 5.92. The minimum Gasteiger partial charge on any atom is -0.451 e. The van der Waals surface area contributed by atoms with Gasteiger partial charge in [-0.15, -0.1) is 0 Å². The van der Waals surface area contributed by atoms with Gasteiger partial charge < -0.3 is 14.6 Å². The lowest BCUT2D eigenvalue weighted by atomic mass is 9.88. The fourth-order valence-electron chi connectivity index (χ4n) is 3.14. The Morgan fingerprint density at radius 2 is 2.26 bits per heavy atom. The first-order valence-electron chi connectivity index (χ1n) is 6.92. The average molecular weight is 264 g/mol. The molecule has 1 fully saturated rings. The molecule has 0 amide bonds. The Morgan fingerprint density at radius 1 is 1.47 bits per heavy atom. The number of esters is 1. The van der Waals surface area contributed by atoms with Crippen molar-refractivity contribution in [3.8, 4) is 0 Å². The number of carbonyl (C=O) groups excluding carboxylic acids is 1. The minimum absolute atomic E-state index is 0.0395. The number of ether oxygens (including phenoxy) is 2. The Balaban J connectivity index is 1.94. The predicted molar refractivity (Wildman–Crippen MR) is 69.5 cm³/mol. The van der Waals surface area contributed by atoms with Gasteiger partial charge in [-0.05, 0) is 45.1 Å². The highest BCUT2D eigenvalue weighted by Crippen LogP contribution is 2.48. The Hall–Kier alpha value is -1.13. The zero-order valence-corrected chi connectivity index (χ0v) is 11.4. The number of hydrogen-bond acceptors (Lipinski definition) is 4. The van der Waals surface area contributed by atoms with E-state index in [1.165, 1.54) is 5.57 Å². The van der Waals surface area contributed by atoms with Crippen molar-refractivity contribution in [2.45, 2.75) is 57.3 Å². The van der Waals surface area contributed by atoms with Crippen LogP contribution in [0.1, 0.15) is 39.5 Å². The van der Waals surface area contributed by atoms with Crippen molar-refractivity contribution in [1.29, 1.82) is 0 Å². The highest BCUT2D eigenvalue weighted by atomic mass is 16.6. The third-order valence-electron chi connectivity index (χ3n) is 4.51. The maximum atomic E-state index is 11.8. The van der Waals surface area contributed by atoms with Gasteiger partial charge in [-0.2, -0.15) is 0 Å². The second-order valence-corrected chi connectivity index (χ2v) is 5.93. The molecule has 3 atom stereocenters. The molecule has 1 saturated heterocycles. The Bertz CT molecular complexity index is 477. The van der Waals surface area contributed by atoms with Crippen LogP contribution in [-0.2, 0) is 14.3 Å². The summed E-state index contributed by atoms with van der Waals surface area (Å²) in [7, 11) is 0. The summed E-state index contributed by atoms with van der Waals surface area (Å²) in [4.78, 5) is 11.8. The molecule has 0 bridgehead atoms. The van der Waals surface area contributed by atoms with Gasteiger partial charge in [0.1, 0.15) is 6.10 Å². The number of hydrogen-bond donors (Lipinski definition) is 1. The van der Waals surface area contributed by atoms with E-state index >= 15 is 0 Å². The van der Waals surface area contributed by atoms with Gasteiger partial charge in [0.25, 0.3) is 0 Å². The second-order valence-electron chi connectivity index (χ2n) is 5.93. The van der Waals surface area contributed by atoms with Crippen LogP contribution in [0.5, 0.6) is 0 Å². The first-order chi connectivity index (χ1) is 9.05. The molecule has 0 unspecified atom stereocenters. The van der Waals surface area contributed by atoms with Crippen LogP contribution in [0.2, 0.25) is 0 Å². The number of aliphatic hydroxyl groups excluding tert-OH is 1. The Labute approximate surface area is 113 Å². The number of carbonyl (C=O) groups is 1. The molecule has 19 heavy (non-hydrogen) atoms. The molecule has 2 heterocycles. The molecule has 1 N–H and O–H groups in total. The van der Waals surface area contributed by atoms with Crippen molar-refractivity contribution in [3.05, 3.63) is 22.8 Å². The third kappa shape index (κ3) is 2.13. The molecule has 4 nitrogen and oxygen atoms in total. The van der Waals surface area contributed by atoms with Gasteiger partial charge in [0.15, 0.2) is 6.10 Å². The van der Waals surface area contributed by atoms with Gasteiger partial charge in [0.05, 0.1) is 17.8 Å². The lowest BCUT2D eigenvalue weighted by Gasteiger charge is -2.16. The molecule has 2 aliphatic heterocycles. The van der Waals surface area contributed by atoms with E-state index in [9.17, 15) is 9.90 Å². The molecule has 3 rings (SSSR count). The van der Waals surface area contributed by atoms with E-state index < -0.39 is 0 Å².